The molecule has 20 heavy (non-hydrogen) atoms. The quantitative estimate of drug-likeness (QED) is 0.384. The molecule has 0 amide bonds. The molecule has 1 aromatic rings. The molecule has 1 rings (SSSR count). The SMILES string of the molecule is O=[N+]([O-])c1ccccc1S(=O)(=O)NCCCOCCO. The van der Waals surface area contributed by atoms with Crippen molar-refractivity contribution < 1.29 is 23.2 Å². The minimum atomic E-state index is -3.93. The first-order valence-electron chi connectivity index (χ1n) is 5.90. The lowest BCUT2D eigenvalue weighted by Crippen LogP contribution is -2.26. The number of benzene rings is 1. The molecule has 0 aliphatic carbocycles. The topological polar surface area (TPSA) is 119 Å². The Morgan fingerprint density at radius 1 is 1.30 bits per heavy atom. The second-order valence-electron chi connectivity index (χ2n) is 3.81. The fourth-order valence-corrected chi connectivity index (χ4v) is 2.70. The molecule has 1 aromatic carbocycles. The average molecular weight is 304 g/mol. The van der Waals surface area contributed by atoms with Crippen molar-refractivity contribution in [3.63, 3.8) is 0 Å². The van der Waals surface area contributed by atoms with E-state index in [2.05, 4.69) is 4.72 Å². The summed E-state index contributed by atoms with van der Waals surface area (Å²) in [5, 5.41) is 19.3. The van der Waals surface area contributed by atoms with Crippen molar-refractivity contribution in [1.29, 1.82) is 0 Å². The number of ether oxygens (including phenoxy) is 1. The number of hydrogen-bond acceptors (Lipinski definition) is 6. The van der Waals surface area contributed by atoms with E-state index in [-0.39, 0.29) is 24.7 Å². The minimum Gasteiger partial charge on any atom is -0.394 e. The summed E-state index contributed by atoms with van der Waals surface area (Å²) in [6.07, 6.45) is 0.403. The Balaban J connectivity index is 2.63. The van der Waals surface area contributed by atoms with Crippen LogP contribution in [0.5, 0.6) is 0 Å². The zero-order chi connectivity index (χ0) is 15.0. The van der Waals surface area contributed by atoms with E-state index >= 15 is 0 Å². The fraction of sp³-hybridized carbons (Fsp3) is 0.455. The van der Waals surface area contributed by atoms with Gasteiger partial charge in [0.1, 0.15) is 0 Å². The van der Waals surface area contributed by atoms with Crippen molar-refractivity contribution in [3.8, 4) is 0 Å². The number of nitrogens with one attached hydrogen (secondary N) is 1. The van der Waals surface area contributed by atoms with Gasteiger partial charge in [0.05, 0.1) is 18.1 Å². The monoisotopic (exact) mass is 304 g/mol. The van der Waals surface area contributed by atoms with Crippen molar-refractivity contribution in [2.45, 2.75) is 11.3 Å². The van der Waals surface area contributed by atoms with Crippen LogP contribution in [0.25, 0.3) is 0 Å². The summed E-state index contributed by atoms with van der Waals surface area (Å²) >= 11 is 0. The average Bonchev–Trinajstić information content (AvgIpc) is 2.42. The lowest BCUT2D eigenvalue weighted by molar-refractivity contribution is -0.387. The Hall–Kier alpha value is -1.55. The van der Waals surface area contributed by atoms with Crippen LogP contribution in [0.15, 0.2) is 29.2 Å². The van der Waals surface area contributed by atoms with Crippen LogP contribution in [0.2, 0.25) is 0 Å². The Morgan fingerprint density at radius 2 is 2.00 bits per heavy atom. The number of rotatable bonds is 9. The van der Waals surface area contributed by atoms with Gasteiger partial charge in [0.25, 0.3) is 5.69 Å². The van der Waals surface area contributed by atoms with E-state index in [1.54, 1.807) is 0 Å². The molecule has 8 nitrogen and oxygen atoms in total. The van der Waals surface area contributed by atoms with Gasteiger partial charge >= 0.3 is 0 Å². The third kappa shape index (κ3) is 4.85. The van der Waals surface area contributed by atoms with E-state index in [4.69, 9.17) is 9.84 Å². The van der Waals surface area contributed by atoms with Crippen LogP contribution in [0.3, 0.4) is 0 Å². The number of hydrogen-bond donors (Lipinski definition) is 2. The van der Waals surface area contributed by atoms with Gasteiger partial charge in [-0.15, -0.1) is 0 Å². The van der Waals surface area contributed by atoms with Crippen LogP contribution in [0, 0.1) is 10.1 Å². The summed E-state index contributed by atoms with van der Waals surface area (Å²) in [5.74, 6) is 0. The second kappa shape index (κ2) is 7.90. The predicted molar refractivity (Wildman–Crippen MR) is 70.8 cm³/mol. The van der Waals surface area contributed by atoms with E-state index in [1.807, 2.05) is 0 Å². The Bertz CT molecular complexity index is 546. The molecule has 0 bridgehead atoms. The lowest BCUT2D eigenvalue weighted by atomic mass is 10.3. The molecule has 0 aliphatic rings. The molecule has 0 unspecified atom stereocenters. The number of sulfonamides is 1. The molecule has 0 aliphatic heterocycles. The number of nitrogens with zero attached hydrogens (tertiary/aromatic N) is 1. The molecule has 0 saturated heterocycles. The van der Waals surface area contributed by atoms with E-state index in [0.717, 1.165) is 6.07 Å². The Morgan fingerprint density at radius 3 is 2.65 bits per heavy atom. The van der Waals surface area contributed by atoms with E-state index in [0.29, 0.717) is 13.0 Å². The summed E-state index contributed by atoms with van der Waals surface area (Å²) in [4.78, 5) is 9.69. The maximum absolute atomic E-state index is 11.9. The van der Waals surface area contributed by atoms with Gasteiger partial charge in [-0.05, 0) is 12.5 Å². The predicted octanol–water partition coefficient (Wildman–Crippen LogP) is 0.272. The zero-order valence-corrected chi connectivity index (χ0v) is 11.5. The molecule has 0 saturated carbocycles. The first kappa shape index (κ1) is 16.5. The standard InChI is InChI=1S/C11H16N2O6S/c14-7-9-19-8-3-6-12-20(17,18)11-5-2-1-4-10(11)13(15)16/h1-2,4-5,12,14H,3,6-9H2. The van der Waals surface area contributed by atoms with E-state index in [9.17, 15) is 18.5 Å². The lowest BCUT2D eigenvalue weighted by Gasteiger charge is -2.07. The van der Waals surface area contributed by atoms with Gasteiger partial charge in [-0.2, -0.15) is 0 Å². The van der Waals surface area contributed by atoms with Crippen LogP contribution in [0.4, 0.5) is 5.69 Å². The summed E-state index contributed by atoms with van der Waals surface area (Å²) < 4.78 is 31.1. The molecule has 0 aromatic heterocycles. The molecule has 0 spiro atoms. The number of nitro benzene ring substituents is 1. The number of nitro groups is 1. The first-order valence-corrected chi connectivity index (χ1v) is 7.39. The molecule has 0 heterocycles. The van der Waals surface area contributed by atoms with Crippen molar-refractivity contribution in [1.82, 2.24) is 4.72 Å². The molecule has 0 radical (unpaired) electrons. The molecule has 0 atom stereocenters. The van der Waals surface area contributed by atoms with Gasteiger partial charge < -0.3 is 9.84 Å². The highest BCUT2D eigenvalue weighted by Gasteiger charge is 2.24. The van der Waals surface area contributed by atoms with Gasteiger partial charge in [0.2, 0.25) is 10.0 Å². The maximum Gasteiger partial charge on any atom is 0.289 e. The van der Waals surface area contributed by atoms with Crippen molar-refractivity contribution in [2.75, 3.05) is 26.4 Å². The van der Waals surface area contributed by atoms with Crippen LogP contribution in [-0.4, -0.2) is 44.8 Å². The zero-order valence-electron chi connectivity index (χ0n) is 10.7. The Labute approximate surface area is 116 Å². The van der Waals surface area contributed by atoms with Gasteiger partial charge in [0.15, 0.2) is 4.90 Å². The summed E-state index contributed by atoms with van der Waals surface area (Å²) in [6.45, 7) is 0.485. The fourth-order valence-electron chi connectivity index (χ4n) is 1.46. The highest BCUT2D eigenvalue weighted by molar-refractivity contribution is 7.89. The largest absolute Gasteiger partial charge is 0.394 e. The van der Waals surface area contributed by atoms with Crippen LogP contribution < -0.4 is 4.72 Å². The summed E-state index contributed by atoms with van der Waals surface area (Å²) in [6, 6.07) is 5.15. The molecule has 0 fully saturated rings. The van der Waals surface area contributed by atoms with Crippen LogP contribution in [0.1, 0.15) is 6.42 Å². The first-order chi connectivity index (χ1) is 9.49. The molecule has 2 N–H and O–H groups in total. The third-order valence-electron chi connectivity index (χ3n) is 2.34. The smallest absolute Gasteiger partial charge is 0.289 e. The number of aliphatic hydroxyl groups is 1. The Kier molecular flexibility index (Phi) is 6.52. The summed E-state index contributed by atoms with van der Waals surface area (Å²) in [7, 11) is -3.93. The van der Waals surface area contributed by atoms with Gasteiger partial charge in [0, 0.05) is 19.2 Å². The van der Waals surface area contributed by atoms with Gasteiger partial charge in [-0.1, -0.05) is 12.1 Å². The second-order valence-corrected chi connectivity index (χ2v) is 5.55. The summed E-state index contributed by atoms with van der Waals surface area (Å²) in [5.41, 5.74) is -0.462. The number of para-hydroxylation sites is 1. The van der Waals surface area contributed by atoms with Crippen molar-refractivity contribution in [3.05, 3.63) is 34.4 Å². The van der Waals surface area contributed by atoms with Gasteiger partial charge in [-0.3, -0.25) is 10.1 Å². The number of aliphatic hydroxyl groups excluding tert-OH is 1. The van der Waals surface area contributed by atoms with Crippen molar-refractivity contribution in [2.24, 2.45) is 0 Å². The maximum atomic E-state index is 11.9. The highest BCUT2D eigenvalue weighted by atomic mass is 32.2. The van der Waals surface area contributed by atoms with Crippen LogP contribution >= 0.6 is 0 Å². The molecular weight excluding hydrogens is 288 g/mol. The minimum absolute atomic E-state index is 0.0953. The third-order valence-corrected chi connectivity index (χ3v) is 3.85. The molecule has 9 heteroatoms. The van der Waals surface area contributed by atoms with Gasteiger partial charge in [-0.25, -0.2) is 13.1 Å². The highest BCUT2D eigenvalue weighted by Crippen LogP contribution is 2.22. The van der Waals surface area contributed by atoms with E-state index < -0.39 is 20.6 Å². The molecular formula is C11H16N2O6S. The normalized spacial score (nSPS) is 11.4. The molecule has 112 valence electrons. The van der Waals surface area contributed by atoms with Crippen LogP contribution in [-0.2, 0) is 14.8 Å². The van der Waals surface area contributed by atoms with Crippen molar-refractivity contribution >= 4 is 15.7 Å². The van der Waals surface area contributed by atoms with E-state index in [1.165, 1.54) is 18.2 Å².